The van der Waals surface area contributed by atoms with Crippen LogP contribution in [0.2, 0.25) is 0 Å². The van der Waals surface area contributed by atoms with Crippen LogP contribution in [0.3, 0.4) is 0 Å². The van der Waals surface area contributed by atoms with Gasteiger partial charge in [0.25, 0.3) is 0 Å². The molecule has 0 aromatic rings. The van der Waals surface area contributed by atoms with E-state index in [1.54, 1.807) is 0 Å². The average Bonchev–Trinajstić information content (AvgIpc) is 2.91. The summed E-state index contributed by atoms with van der Waals surface area (Å²) in [6.07, 6.45) is 9.32. The minimum absolute atomic E-state index is 0.308. The second-order valence-corrected chi connectivity index (χ2v) is 8.06. The van der Waals surface area contributed by atoms with Gasteiger partial charge in [-0.15, -0.1) is 0 Å². The summed E-state index contributed by atoms with van der Waals surface area (Å²) in [6.45, 7) is 2.72. The maximum atomic E-state index is 11.9. The lowest BCUT2D eigenvalue weighted by atomic mass is 9.96. The fraction of sp³-hybridized carbons (Fsp3) is 1.00. The predicted octanol–water partition coefficient (Wildman–Crippen LogP) is 1.88. The van der Waals surface area contributed by atoms with Gasteiger partial charge in [0.2, 0.25) is 10.0 Å². The first kappa shape index (κ1) is 15.3. The lowest BCUT2D eigenvalue weighted by Crippen LogP contribution is -2.32. The van der Waals surface area contributed by atoms with Crippen molar-refractivity contribution in [1.29, 1.82) is 0 Å². The van der Waals surface area contributed by atoms with Crippen LogP contribution in [0.25, 0.3) is 0 Å². The number of piperidine rings is 1. The lowest BCUT2D eigenvalue weighted by Gasteiger charge is -2.22. The van der Waals surface area contributed by atoms with Gasteiger partial charge in [0.15, 0.2) is 0 Å². The van der Waals surface area contributed by atoms with Gasteiger partial charge in [-0.2, -0.15) is 0 Å². The Kier molecular flexibility index (Phi) is 6.10. The molecule has 0 aromatic heterocycles. The van der Waals surface area contributed by atoms with Crippen LogP contribution in [0.15, 0.2) is 0 Å². The summed E-state index contributed by atoms with van der Waals surface area (Å²) < 4.78 is 26.6. The van der Waals surface area contributed by atoms with Gasteiger partial charge in [-0.05, 0) is 50.6 Å². The second kappa shape index (κ2) is 7.60. The Hall–Kier alpha value is -0.130. The number of hydrogen-bond donors (Lipinski definition) is 2. The van der Waals surface area contributed by atoms with Gasteiger partial charge in [-0.25, -0.2) is 13.1 Å². The first-order chi connectivity index (χ1) is 9.16. The third kappa shape index (κ3) is 5.79. The van der Waals surface area contributed by atoms with Crippen molar-refractivity contribution >= 4 is 10.0 Å². The molecule has 1 saturated carbocycles. The molecule has 1 aliphatic heterocycles. The van der Waals surface area contributed by atoms with E-state index in [1.165, 1.54) is 25.7 Å². The zero-order valence-corrected chi connectivity index (χ0v) is 12.7. The third-order valence-corrected chi connectivity index (χ3v) is 6.02. The number of hydrogen-bond acceptors (Lipinski definition) is 3. The van der Waals surface area contributed by atoms with Crippen LogP contribution in [0.4, 0.5) is 0 Å². The van der Waals surface area contributed by atoms with Crippen LogP contribution in [-0.4, -0.2) is 33.8 Å². The predicted molar refractivity (Wildman–Crippen MR) is 78.6 cm³/mol. The largest absolute Gasteiger partial charge is 0.317 e. The molecule has 0 spiro atoms. The van der Waals surface area contributed by atoms with Gasteiger partial charge >= 0.3 is 0 Å². The van der Waals surface area contributed by atoms with Gasteiger partial charge in [-0.1, -0.05) is 25.7 Å². The molecule has 5 heteroatoms. The van der Waals surface area contributed by atoms with E-state index >= 15 is 0 Å². The van der Waals surface area contributed by atoms with E-state index in [0.717, 1.165) is 44.7 Å². The van der Waals surface area contributed by atoms with Gasteiger partial charge < -0.3 is 5.32 Å². The topological polar surface area (TPSA) is 58.2 Å². The Morgan fingerprint density at radius 3 is 2.26 bits per heavy atom. The van der Waals surface area contributed by atoms with Crippen molar-refractivity contribution in [1.82, 2.24) is 10.0 Å². The zero-order chi connectivity index (χ0) is 13.6. The maximum absolute atomic E-state index is 11.9. The molecule has 0 bridgehead atoms. The lowest BCUT2D eigenvalue weighted by molar-refractivity contribution is 0.365. The van der Waals surface area contributed by atoms with Crippen molar-refractivity contribution in [2.24, 2.45) is 11.8 Å². The molecule has 1 heterocycles. The molecule has 0 radical (unpaired) electrons. The van der Waals surface area contributed by atoms with Crippen molar-refractivity contribution in [2.45, 2.75) is 51.4 Å². The van der Waals surface area contributed by atoms with Crippen molar-refractivity contribution in [3.05, 3.63) is 0 Å². The molecule has 2 fully saturated rings. The molecule has 1 aliphatic carbocycles. The van der Waals surface area contributed by atoms with Gasteiger partial charge in [0, 0.05) is 6.54 Å². The molecule has 0 atom stereocenters. The van der Waals surface area contributed by atoms with Crippen LogP contribution in [0.1, 0.15) is 51.4 Å². The molecule has 1 saturated heterocycles. The molecule has 0 amide bonds. The second-order valence-electron chi connectivity index (χ2n) is 6.13. The normalized spacial score (nSPS) is 22.9. The fourth-order valence-corrected chi connectivity index (χ4v) is 4.50. The summed E-state index contributed by atoms with van der Waals surface area (Å²) >= 11 is 0. The van der Waals surface area contributed by atoms with E-state index in [4.69, 9.17) is 0 Å². The first-order valence-electron chi connectivity index (χ1n) is 7.84. The van der Waals surface area contributed by atoms with E-state index in [1.807, 2.05) is 0 Å². The van der Waals surface area contributed by atoms with Gasteiger partial charge in [-0.3, -0.25) is 0 Å². The molecule has 2 N–H and O–H groups in total. The van der Waals surface area contributed by atoms with Gasteiger partial charge in [0.1, 0.15) is 0 Å². The first-order valence-corrected chi connectivity index (χ1v) is 9.49. The number of nitrogens with one attached hydrogen (secondary N) is 2. The van der Waals surface area contributed by atoms with Crippen LogP contribution < -0.4 is 10.0 Å². The standard InChI is InChI=1S/C14H28N2O2S/c17-19(18,12-8-14-5-9-15-10-6-14)16-11-7-13-3-1-2-4-13/h13-16H,1-12H2. The zero-order valence-electron chi connectivity index (χ0n) is 11.9. The molecule has 0 unspecified atom stereocenters. The quantitative estimate of drug-likeness (QED) is 0.752. The van der Waals surface area contributed by atoms with Crippen LogP contribution >= 0.6 is 0 Å². The van der Waals surface area contributed by atoms with Gasteiger partial charge in [0.05, 0.1) is 5.75 Å². The highest BCUT2D eigenvalue weighted by Crippen LogP contribution is 2.27. The monoisotopic (exact) mass is 288 g/mol. The molecular formula is C14H28N2O2S. The Balaban J connectivity index is 1.60. The Labute approximate surface area is 117 Å². The summed E-state index contributed by atoms with van der Waals surface area (Å²) in [6, 6.07) is 0. The van der Waals surface area contributed by atoms with Crippen molar-refractivity contribution < 1.29 is 8.42 Å². The molecule has 19 heavy (non-hydrogen) atoms. The van der Waals surface area contributed by atoms with E-state index < -0.39 is 10.0 Å². The van der Waals surface area contributed by atoms with E-state index in [9.17, 15) is 8.42 Å². The van der Waals surface area contributed by atoms with Crippen LogP contribution in [0.5, 0.6) is 0 Å². The highest BCUT2D eigenvalue weighted by Gasteiger charge is 2.19. The fourth-order valence-electron chi connectivity index (χ4n) is 3.28. The van der Waals surface area contributed by atoms with Crippen LogP contribution in [0, 0.1) is 11.8 Å². The molecule has 112 valence electrons. The van der Waals surface area contributed by atoms with Crippen molar-refractivity contribution in [2.75, 3.05) is 25.4 Å². The Morgan fingerprint density at radius 1 is 0.947 bits per heavy atom. The summed E-state index contributed by atoms with van der Waals surface area (Å²) in [4.78, 5) is 0. The van der Waals surface area contributed by atoms with E-state index in [-0.39, 0.29) is 0 Å². The summed E-state index contributed by atoms with van der Waals surface area (Å²) in [5.41, 5.74) is 0. The van der Waals surface area contributed by atoms with Crippen molar-refractivity contribution in [3.63, 3.8) is 0 Å². The number of rotatable bonds is 7. The highest BCUT2D eigenvalue weighted by atomic mass is 32.2. The summed E-state index contributed by atoms with van der Waals surface area (Å²) in [5, 5.41) is 3.31. The molecular weight excluding hydrogens is 260 g/mol. The minimum atomic E-state index is -3.04. The molecule has 4 nitrogen and oxygen atoms in total. The van der Waals surface area contributed by atoms with E-state index in [0.29, 0.717) is 18.2 Å². The molecule has 0 aromatic carbocycles. The summed E-state index contributed by atoms with van der Waals surface area (Å²) in [5.74, 6) is 1.65. The Bertz CT molecular complexity index is 344. The number of sulfonamides is 1. The van der Waals surface area contributed by atoms with Crippen LogP contribution in [-0.2, 0) is 10.0 Å². The SMILES string of the molecule is O=S(=O)(CCC1CCNCC1)NCCC1CCCC1. The van der Waals surface area contributed by atoms with E-state index in [2.05, 4.69) is 10.0 Å². The highest BCUT2D eigenvalue weighted by molar-refractivity contribution is 7.89. The average molecular weight is 288 g/mol. The van der Waals surface area contributed by atoms with Crippen molar-refractivity contribution in [3.8, 4) is 0 Å². The Morgan fingerprint density at radius 2 is 1.58 bits per heavy atom. The smallest absolute Gasteiger partial charge is 0.211 e. The third-order valence-electron chi connectivity index (χ3n) is 4.60. The molecule has 2 aliphatic rings. The minimum Gasteiger partial charge on any atom is -0.317 e. The maximum Gasteiger partial charge on any atom is 0.211 e. The molecule has 2 rings (SSSR count). The summed E-state index contributed by atoms with van der Waals surface area (Å²) in [7, 11) is -3.04.